The van der Waals surface area contributed by atoms with Gasteiger partial charge in [-0.15, -0.1) is 0 Å². The fraction of sp³-hybridized carbons (Fsp3) is 0.833. The zero-order chi connectivity index (χ0) is 13.2. The van der Waals surface area contributed by atoms with Crippen molar-refractivity contribution < 1.29 is 19.4 Å². The average Bonchev–Trinajstić information content (AvgIpc) is 2.56. The first-order chi connectivity index (χ1) is 8.68. The van der Waals surface area contributed by atoms with E-state index >= 15 is 0 Å². The van der Waals surface area contributed by atoms with Gasteiger partial charge >= 0.3 is 12.0 Å². The Kier molecular flexibility index (Phi) is 7.17. The van der Waals surface area contributed by atoms with Crippen molar-refractivity contribution in [3.8, 4) is 0 Å². The van der Waals surface area contributed by atoms with Crippen molar-refractivity contribution in [2.75, 3.05) is 19.8 Å². The molecule has 1 aliphatic rings. The van der Waals surface area contributed by atoms with Crippen molar-refractivity contribution in [1.29, 1.82) is 0 Å². The first kappa shape index (κ1) is 14.8. The Balaban J connectivity index is 2.03. The van der Waals surface area contributed by atoms with Crippen LogP contribution in [0.2, 0.25) is 0 Å². The van der Waals surface area contributed by atoms with Crippen LogP contribution in [-0.2, 0) is 9.53 Å². The van der Waals surface area contributed by atoms with Crippen molar-refractivity contribution in [1.82, 2.24) is 10.6 Å². The lowest BCUT2D eigenvalue weighted by atomic mass is 10.1. The number of hydrogen-bond acceptors (Lipinski definition) is 3. The normalized spacial score (nSPS) is 16.9. The van der Waals surface area contributed by atoms with E-state index in [2.05, 4.69) is 10.6 Å². The van der Waals surface area contributed by atoms with Crippen LogP contribution in [0.25, 0.3) is 0 Å². The van der Waals surface area contributed by atoms with Crippen molar-refractivity contribution in [2.24, 2.45) is 0 Å². The topological polar surface area (TPSA) is 87.7 Å². The van der Waals surface area contributed by atoms with Crippen LogP contribution in [0.4, 0.5) is 4.79 Å². The standard InChI is InChI=1S/C12H22N2O4/c15-11(16)9-18-8-7-13-12(17)14-10-5-3-1-2-4-6-10/h10H,1-9H2,(H,15,16)(H2,13,14,17). The summed E-state index contributed by atoms with van der Waals surface area (Å²) in [5, 5.41) is 13.9. The van der Waals surface area contributed by atoms with Crippen LogP contribution < -0.4 is 10.6 Å². The molecule has 2 amide bonds. The first-order valence-corrected chi connectivity index (χ1v) is 6.52. The Hall–Kier alpha value is -1.30. The second-order valence-electron chi connectivity index (χ2n) is 4.54. The van der Waals surface area contributed by atoms with Gasteiger partial charge in [-0.1, -0.05) is 25.7 Å². The minimum Gasteiger partial charge on any atom is -0.480 e. The van der Waals surface area contributed by atoms with E-state index in [9.17, 15) is 9.59 Å². The Morgan fingerprint density at radius 3 is 2.44 bits per heavy atom. The van der Waals surface area contributed by atoms with E-state index in [0.29, 0.717) is 6.54 Å². The molecule has 1 aliphatic carbocycles. The Morgan fingerprint density at radius 2 is 1.83 bits per heavy atom. The molecule has 3 N–H and O–H groups in total. The summed E-state index contributed by atoms with van der Waals surface area (Å²) in [5.74, 6) is -1.00. The highest BCUT2D eigenvalue weighted by Crippen LogP contribution is 2.16. The highest BCUT2D eigenvalue weighted by atomic mass is 16.5. The maximum Gasteiger partial charge on any atom is 0.329 e. The lowest BCUT2D eigenvalue weighted by Crippen LogP contribution is -2.43. The average molecular weight is 258 g/mol. The molecular weight excluding hydrogens is 236 g/mol. The second kappa shape index (κ2) is 8.74. The summed E-state index contributed by atoms with van der Waals surface area (Å²) in [6.07, 6.45) is 6.94. The summed E-state index contributed by atoms with van der Waals surface area (Å²) >= 11 is 0. The van der Waals surface area contributed by atoms with Crippen LogP contribution in [0.3, 0.4) is 0 Å². The summed E-state index contributed by atoms with van der Waals surface area (Å²) in [5.41, 5.74) is 0. The molecule has 6 nitrogen and oxygen atoms in total. The molecule has 1 saturated carbocycles. The Bertz CT molecular complexity index is 263. The van der Waals surface area contributed by atoms with Crippen molar-refractivity contribution in [3.05, 3.63) is 0 Å². The summed E-state index contributed by atoms with van der Waals surface area (Å²) in [6.45, 7) is 0.210. The van der Waals surface area contributed by atoms with Gasteiger partial charge in [-0.25, -0.2) is 9.59 Å². The molecule has 0 heterocycles. The smallest absolute Gasteiger partial charge is 0.329 e. The number of amides is 2. The van der Waals surface area contributed by atoms with Gasteiger partial charge in [-0.3, -0.25) is 0 Å². The van der Waals surface area contributed by atoms with Crippen LogP contribution in [-0.4, -0.2) is 42.9 Å². The maximum absolute atomic E-state index is 11.5. The van der Waals surface area contributed by atoms with Crippen molar-refractivity contribution in [3.63, 3.8) is 0 Å². The molecule has 6 heteroatoms. The summed E-state index contributed by atoms with van der Waals surface area (Å²) < 4.78 is 4.81. The zero-order valence-corrected chi connectivity index (χ0v) is 10.6. The largest absolute Gasteiger partial charge is 0.480 e. The van der Waals surface area contributed by atoms with Gasteiger partial charge in [0.25, 0.3) is 0 Å². The molecular formula is C12H22N2O4. The SMILES string of the molecule is O=C(O)COCCNC(=O)NC1CCCCCC1. The van der Waals surface area contributed by atoms with Crippen LogP contribution in [0.15, 0.2) is 0 Å². The number of carbonyl (C=O) groups excluding carboxylic acids is 1. The minimum absolute atomic E-state index is 0.194. The van der Waals surface area contributed by atoms with Gasteiger partial charge in [0.1, 0.15) is 6.61 Å². The van der Waals surface area contributed by atoms with Gasteiger partial charge in [0.2, 0.25) is 0 Å². The number of aliphatic carboxylic acids is 1. The van der Waals surface area contributed by atoms with Gasteiger partial charge < -0.3 is 20.5 Å². The predicted octanol–water partition coefficient (Wildman–Crippen LogP) is 1.11. The van der Waals surface area contributed by atoms with Crippen molar-refractivity contribution >= 4 is 12.0 Å². The number of nitrogens with one attached hydrogen (secondary N) is 2. The lowest BCUT2D eigenvalue weighted by molar-refractivity contribution is -0.142. The highest BCUT2D eigenvalue weighted by molar-refractivity contribution is 5.74. The van der Waals surface area contributed by atoms with E-state index in [1.165, 1.54) is 25.7 Å². The third-order valence-electron chi connectivity index (χ3n) is 2.95. The number of urea groups is 1. The summed E-state index contributed by atoms with van der Waals surface area (Å²) in [4.78, 5) is 21.7. The first-order valence-electron chi connectivity index (χ1n) is 6.52. The molecule has 1 fully saturated rings. The fourth-order valence-corrected chi connectivity index (χ4v) is 2.06. The van der Waals surface area contributed by atoms with Gasteiger partial charge in [-0.2, -0.15) is 0 Å². The number of carboxylic acids is 1. The number of carboxylic acid groups (broad SMARTS) is 1. The van der Waals surface area contributed by atoms with Crippen molar-refractivity contribution in [2.45, 2.75) is 44.6 Å². The minimum atomic E-state index is -1.00. The van der Waals surface area contributed by atoms with Gasteiger partial charge in [-0.05, 0) is 12.8 Å². The van der Waals surface area contributed by atoms with E-state index < -0.39 is 5.97 Å². The molecule has 0 aromatic heterocycles. The van der Waals surface area contributed by atoms with E-state index in [4.69, 9.17) is 9.84 Å². The third-order valence-corrected chi connectivity index (χ3v) is 2.95. The third kappa shape index (κ3) is 7.11. The molecule has 0 radical (unpaired) electrons. The fourth-order valence-electron chi connectivity index (χ4n) is 2.06. The van der Waals surface area contributed by atoms with E-state index in [-0.39, 0.29) is 25.3 Å². The summed E-state index contributed by atoms with van der Waals surface area (Å²) in [7, 11) is 0. The van der Waals surface area contributed by atoms with Gasteiger partial charge in [0.15, 0.2) is 0 Å². The molecule has 0 spiro atoms. The zero-order valence-electron chi connectivity index (χ0n) is 10.6. The molecule has 1 rings (SSSR count). The van der Waals surface area contributed by atoms with Crippen LogP contribution in [0.1, 0.15) is 38.5 Å². The van der Waals surface area contributed by atoms with Gasteiger partial charge in [0.05, 0.1) is 6.61 Å². The van der Waals surface area contributed by atoms with Gasteiger partial charge in [0, 0.05) is 12.6 Å². The van der Waals surface area contributed by atoms with E-state index in [1.807, 2.05) is 0 Å². The van der Waals surface area contributed by atoms with Crippen LogP contribution in [0, 0.1) is 0 Å². The number of hydrogen-bond donors (Lipinski definition) is 3. The molecule has 0 bridgehead atoms. The summed E-state index contributed by atoms with van der Waals surface area (Å²) in [6, 6.07) is 0.0771. The van der Waals surface area contributed by atoms with E-state index in [0.717, 1.165) is 12.8 Å². The monoisotopic (exact) mass is 258 g/mol. The predicted molar refractivity (Wildman–Crippen MR) is 66.5 cm³/mol. The maximum atomic E-state index is 11.5. The molecule has 0 atom stereocenters. The van der Waals surface area contributed by atoms with Crippen LogP contribution in [0.5, 0.6) is 0 Å². The number of carbonyl (C=O) groups is 2. The number of ether oxygens (including phenoxy) is 1. The Labute approximate surface area is 107 Å². The number of rotatable bonds is 6. The molecule has 0 saturated heterocycles. The molecule has 0 aromatic carbocycles. The molecule has 104 valence electrons. The quantitative estimate of drug-likeness (QED) is 0.492. The van der Waals surface area contributed by atoms with E-state index in [1.54, 1.807) is 0 Å². The second-order valence-corrected chi connectivity index (χ2v) is 4.54. The molecule has 0 unspecified atom stereocenters. The molecule has 0 aromatic rings. The van der Waals surface area contributed by atoms with Crippen LogP contribution >= 0.6 is 0 Å². The lowest BCUT2D eigenvalue weighted by Gasteiger charge is -2.16. The highest BCUT2D eigenvalue weighted by Gasteiger charge is 2.13. The molecule has 18 heavy (non-hydrogen) atoms. The Morgan fingerprint density at radius 1 is 1.17 bits per heavy atom. The molecule has 0 aliphatic heterocycles.